The molecule has 0 aliphatic carbocycles. The number of rotatable bonds is 40. The van der Waals surface area contributed by atoms with Crippen LogP contribution in [0.1, 0.15) is 219 Å². The van der Waals surface area contributed by atoms with Gasteiger partial charge in [-0.25, -0.2) is 0 Å². The molecular formula is C54H86BaO10. The number of aliphatic carboxylic acids is 2. The molecule has 0 amide bonds. The summed E-state index contributed by atoms with van der Waals surface area (Å²) in [6.45, 7) is 7.57. The van der Waals surface area contributed by atoms with Crippen molar-refractivity contribution >= 4 is 72.8 Å². The van der Waals surface area contributed by atoms with Gasteiger partial charge in [0.1, 0.15) is 24.4 Å². The second-order valence-corrected chi connectivity index (χ2v) is 17.5. The molecule has 2 aromatic carbocycles. The minimum atomic E-state index is -1.27. The Morgan fingerprint density at radius 1 is 0.431 bits per heavy atom. The van der Waals surface area contributed by atoms with Crippen molar-refractivity contribution in [3.8, 4) is 0 Å². The van der Waals surface area contributed by atoms with E-state index in [1.165, 1.54) is 129 Å². The van der Waals surface area contributed by atoms with E-state index in [0.29, 0.717) is 12.8 Å². The SMILES string of the molecule is CCCCCCCCCCCCCCC(CC(OCc1ccccc1)C(=O)[O-])OC(C)=O.CCCCCCCCCCCCCCC(CC(OCc1ccccc1)C(=O)[O-])OC(C)=O.[Ba+2]. The molecule has 2 rings (SSSR count). The first-order valence-corrected chi connectivity index (χ1v) is 25.1. The maximum Gasteiger partial charge on any atom is 2.00 e. The van der Waals surface area contributed by atoms with E-state index in [4.69, 9.17) is 18.9 Å². The van der Waals surface area contributed by atoms with Gasteiger partial charge >= 0.3 is 60.8 Å². The van der Waals surface area contributed by atoms with Gasteiger partial charge in [-0.2, -0.15) is 0 Å². The molecule has 4 unspecified atom stereocenters. The minimum Gasteiger partial charge on any atom is -0.547 e. The van der Waals surface area contributed by atoms with Crippen molar-refractivity contribution in [1.82, 2.24) is 0 Å². The van der Waals surface area contributed by atoms with Crippen LogP contribution in [0.5, 0.6) is 0 Å². The van der Waals surface area contributed by atoms with E-state index in [-0.39, 0.29) is 74.9 Å². The average Bonchev–Trinajstić information content (AvgIpc) is 3.27. The maximum absolute atomic E-state index is 11.5. The Morgan fingerprint density at radius 2 is 0.692 bits per heavy atom. The largest absolute Gasteiger partial charge is 2.00 e. The number of hydrogen-bond acceptors (Lipinski definition) is 10. The molecule has 0 aliphatic rings. The number of carbonyl (C=O) groups excluding carboxylic acids is 4. The number of benzene rings is 2. The molecule has 0 aromatic heterocycles. The van der Waals surface area contributed by atoms with Gasteiger partial charge in [0.25, 0.3) is 0 Å². The van der Waals surface area contributed by atoms with Gasteiger partial charge in [-0.3, -0.25) is 9.59 Å². The first-order valence-electron chi connectivity index (χ1n) is 25.1. The summed E-state index contributed by atoms with van der Waals surface area (Å²) in [5.74, 6) is -3.33. The third-order valence-corrected chi connectivity index (χ3v) is 11.5. The maximum atomic E-state index is 11.5. The molecule has 10 nitrogen and oxygen atoms in total. The van der Waals surface area contributed by atoms with E-state index in [1.807, 2.05) is 60.7 Å². The van der Waals surface area contributed by atoms with E-state index in [9.17, 15) is 29.4 Å². The number of unbranched alkanes of at least 4 members (excludes halogenated alkanes) is 22. The predicted molar refractivity (Wildman–Crippen MR) is 258 cm³/mol. The summed E-state index contributed by atoms with van der Waals surface area (Å²) in [5, 5.41) is 23.1. The van der Waals surface area contributed by atoms with Gasteiger partial charge < -0.3 is 38.7 Å². The number of ether oxygens (including phenoxy) is 4. The monoisotopic (exact) mass is 1030 g/mol. The molecule has 0 heterocycles. The van der Waals surface area contributed by atoms with Crippen LogP contribution >= 0.6 is 0 Å². The second-order valence-electron chi connectivity index (χ2n) is 17.5. The van der Waals surface area contributed by atoms with E-state index >= 15 is 0 Å². The molecule has 4 atom stereocenters. The number of hydrogen-bond donors (Lipinski definition) is 0. The zero-order chi connectivity index (χ0) is 46.9. The number of carboxylic acids is 2. The Labute approximate surface area is 434 Å². The number of carboxylic acid groups (broad SMARTS) is 2. The molecule has 0 N–H and O–H groups in total. The van der Waals surface area contributed by atoms with Crippen molar-refractivity contribution in [2.75, 3.05) is 0 Å². The fourth-order valence-electron chi connectivity index (χ4n) is 7.83. The molecule has 0 fully saturated rings. The van der Waals surface area contributed by atoms with Gasteiger partial charge in [0.2, 0.25) is 0 Å². The molecule has 0 bridgehead atoms. The fourth-order valence-corrected chi connectivity index (χ4v) is 7.83. The molecule has 0 spiro atoms. The van der Waals surface area contributed by atoms with Gasteiger partial charge in [0.15, 0.2) is 0 Å². The summed E-state index contributed by atoms with van der Waals surface area (Å²) in [5.41, 5.74) is 1.78. The Balaban J connectivity index is 0.00000124. The summed E-state index contributed by atoms with van der Waals surface area (Å²) < 4.78 is 21.9. The summed E-state index contributed by atoms with van der Waals surface area (Å²) >= 11 is 0. The predicted octanol–water partition coefficient (Wildman–Crippen LogP) is 11.1. The second kappa shape index (κ2) is 44.3. The third-order valence-electron chi connectivity index (χ3n) is 11.5. The van der Waals surface area contributed by atoms with Crippen molar-refractivity contribution in [3.63, 3.8) is 0 Å². The zero-order valence-corrected chi connectivity index (χ0v) is 45.5. The van der Waals surface area contributed by atoms with Gasteiger partial charge in [0, 0.05) is 26.7 Å². The topological polar surface area (TPSA) is 151 Å². The Kier molecular flexibility index (Phi) is 42.8. The van der Waals surface area contributed by atoms with E-state index in [1.54, 1.807) is 0 Å². The number of carbonyl (C=O) groups is 4. The minimum absolute atomic E-state index is 0. The third kappa shape index (κ3) is 38.5. The van der Waals surface area contributed by atoms with Crippen LogP contribution in [0.2, 0.25) is 0 Å². The summed E-state index contributed by atoms with van der Waals surface area (Å²) in [4.78, 5) is 46.0. The van der Waals surface area contributed by atoms with Crippen LogP contribution in [0.4, 0.5) is 0 Å². The number of esters is 2. The van der Waals surface area contributed by atoms with Crippen LogP contribution in [-0.4, -0.2) is 97.2 Å². The van der Waals surface area contributed by atoms with Crippen LogP contribution < -0.4 is 10.2 Å². The van der Waals surface area contributed by atoms with E-state index in [0.717, 1.165) is 49.7 Å². The van der Waals surface area contributed by atoms with E-state index in [2.05, 4.69) is 13.8 Å². The summed E-state index contributed by atoms with van der Waals surface area (Å²) in [7, 11) is 0. The van der Waals surface area contributed by atoms with Gasteiger partial charge in [-0.15, -0.1) is 0 Å². The first-order chi connectivity index (χ1) is 31.0. The quantitative estimate of drug-likeness (QED) is 0.0358. The average molecular weight is 1030 g/mol. The first kappa shape index (κ1) is 62.8. The van der Waals surface area contributed by atoms with E-state index < -0.39 is 48.3 Å². The van der Waals surface area contributed by atoms with Crippen LogP contribution in [0.15, 0.2) is 60.7 Å². The molecule has 2 aromatic rings. The molecule has 0 aliphatic heterocycles. The standard InChI is InChI=1S/2C27H44O5.Ba/c2*1-3-4-5-6-7-8-9-10-11-12-13-17-20-25(32-23(2)28)21-26(27(29)30)31-22-24-18-15-14-16-19-24;/h2*14-16,18-19,25-26H,3-13,17,20-22H2,1-2H3,(H,29,30);/q;;+2/p-2. The van der Waals surface area contributed by atoms with Crippen molar-refractivity contribution < 1.29 is 48.3 Å². The molecular weight excluding hydrogens is 946 g/mol. The molecule has 0 radical (unpaired) electrons. The smallest absolute Gasteiger partial charge is 0.547 e. The molecule has 65 heavy (non-hydrogen) atoms. The van der Waals surface area contributed by atoms with Crippen molar-refractivity contribution in [3.05, 3.63) is 71.8 Å². The van der Waals surface area contributed by atoms with Gasteiger partial charge in [-0.05, 0) is 36.8 Å². The molecule has 0 saturated heterocycles. The Bertz CT molecular complexity index is 1320. The Morgan fingerprint density at radius 3 is 0.938 bits per heavy atom. The van der Waals surface area contributed by atoms with Gasteiger partial charge in [-0.1, -0.05) is 216 Å². The van der Waals surface area contributed by atoms with Crippen LogP contribution in [0.3, 0.4) is 0 Å². The van der Waals surface area contributed by atoms with Gasteiger partial charge in [0.05, 0.1) is 25.2 Å². The van der Waals surface area contributed by atoms with Crippen molar-refractivity contribution in [1.29, 1.82) is 0 Å². The molecule has 0 saturated carbocycles. The summed E-state index contributed by atoms with van der Waals surface area (Å²) in [6.07, 6.45) is 28.5. The Hall–Kier alpha value is -2.19. The molecule has 11 heteroatoms. The van der Waals surface area contributed by atoms with Crippen LogP contribution in [-0.2, 0) is 51.3 Å². The van der Waals surface area contributed by atoms with Crippen molar-refractivity contribution in [2.45, 2.75) is 245 Å². The fraction of sp³-hybridized carbons (Fsp3) is 0.704. The zero-order valence-electron chi connectivity index (χ0n) is 41.1. The van der Waals surface area contributed by atoms with Crippen LogP contribution in [0, 0.1) is 0 Å². The van der Waals surface area contributed by atoms with Crippen LogP contribution in [0.25, 0.3) is 0 Å². The normalized spacial score (nSPS) is 12.7. The molecule has 364 valence electrons. The van der Waals surface area contributed by atoms with Crippen molar-refractivity contribution in [2.24, 2.45) is 0 Å². The summed E-state index contributed by atoms with van der Waals surface area (Å²) in [6, 6.07) is 18.8.